The van der Waals surface area contributed by atoms with Crippen molar-refractivity contribution in [3.8, 4) is 0 Å². The van der Waals surface area contributed by atoms with Crippen LogP contribution in [0.2, 0.25) is 0 Å². The Bertz CT molecular complexity index is 150. The van der Waals surface area contributed by atoms with Gasteiger partial charge < -0.3 is 0 Å². The third kappa shape index (κ3) is 1.60. The number of carbonyl (C=O) groups is 1. The second-order valence-electron chi connectivity index (χ2n) is 3.02. The molecule has 0 amide bonds. The fraction of sp³-hybridized carbons (Fsp3) is 0.875. The molecule has 3 nitrogen and oxygen atoms in total. The van der Waals surface area contributed by atoms with E-state index in [4.69, 9.17) is 0 Å². The Morgan fingerprint density at radius 2 is 2.45 bits per heavy atom. The number of rotatable bonds is 3. The van der Waals surface area contributed by atoms with Crippen LogP contribution in [0.1, 0.15) is 26.7 Å². The molecule has 1 rings (SSSR count). The molecular weight excluding hydrogens is 140 g/mol. The van der Waals surface area contributed by atoms with Crippen LogP contribution in [0.15, 0.2) is 0 Å². The largest absolute Gasteiger partial charge is 0.296 e. The van der Waals surface area contributed by atoms with E-state index in [9.17, 15) is 4.79 Å². The van der Waals surface area contributed by atoms with Gasteiger partial charge >= 0.3 is 0 Å². The molecule has 1 fully saturated rings. The standard InChI is InChI=1S/C8H16N2O/c1-3-9-8(7(2)11)5-4-6-10-8/h9-10H,3-6H2,1-2H3. The molecule has 1 aliphatic heterocycles. The Morgan fingerprint density at radius 3 is 2.82 bits per heavy atom. The molecule has 0 spiro atoms. The fourth-order valence-corrected chi connectivity index (χ4v) is 1.62. The molecule has 0 radical (unpaired) electrons. The van der Waals surface area contributed by atoms with Crippen LogP contribution < -0.4 is 10.6 Å². The second kappa shape index (κ2) is 3.32. The van der Waals surface area contributed by atoms with Gasteiger partial charge in [-0.1, -0.05) is 6.92 Å². The first-order valence-electron chi connectivity index (χ1n) is 4.22. The zero-order valence-electron chi connectivity index (χ0n) is 7.24. The van der Waals surface area contributed by atoms with Gasteiger partial charge in [-0.15, -0.1) is 0 Å². The highest BCUT2D eigenvalue weighted by Gasteiger charge is 2.36. The van der Waals surface area contributed by atoms with Crippen molar-refractivity contribution in [1.82, 2.24) is 10.6 Å². The maximum atomic E-state index is 11.2. The Balaban J connectivity index is 2.62. The lowest BCUT2D eigenvalue weighted by Gasteiger charge is -2.27. The van der Waals surface area contributed by atoms with Crippen molar-refractivity contribution in [1.29, 1.82) is 0 Å². The van der Waals surface area contributed by atoms with E-state index in [1.807, 2.05) is 6.92 Å². The molecule has 0 bridgehead atoms. The summed E-state index contributed by atoms with van der Waals surface area (Å²) in [6, 6.07) is 0. The van der Waals surface area contributed by atoms with Gasteiger partial charge in [-0.2, -0.15) is 0 Å². The summed E-state index contributed by atoms with van der Waals surface area (Å²) >= 11 is 0. The molecule has 64 valence electrons. The third-order valence-corrected chi connectivity index (χ3v) is 2.23. The number of carbonyl (C=O) groups excluding carboxylic acids is 1. The average molecular weight is 156 g/mol. The molecule has 0 aliphatic carbocycles. The summed E-state index contributed by atoms with van der Waals surface area (Å²) in [6.07, 6.45) is 2.02. The monoisotopic (exact) mass is 156 g/mol. The molecule has 3 heteroatoms. The first-order valence-corrected chi connectivity index (χ1v) is 4.22. The molecule has 1 aliphatic rings. The van der Waals surface area contributed by atoms with Crippen molar-refractivity contribution in [3.05, 3.63) is 0 Å². The fourth-order valence-electron chi connectivity index (χ4n) is 1.62. The van der Waals surface area contributed by atoms with Crippen LogP contribution in [0.5, 0.6) is 0 Å². The maximum absolute atomic E-state index is 11.2. The molecule has 2 N–H and O–H groups in total. The molecule has 1 unspecified atom stereocenters. The summed E-state index contributed by atoms with van der Waals surface area (Å²) in [6.45, 7) is 5.45. The van der Waals surface area contributed by atoms with Crippen LogP contribution >= 0.6 is 0 Å². The molecule has 0 saturated carbocycles. The molecule has 0 aromatic rings. The first-order chi connectivity index (χ1) is 5.21. The van der Waals surface area contributed by atoms with Gasteiger partial charge in [0, 0.05) is 0 Å². The quantitative estimate of drug-likeness (QED) is 0.616. The van der Waals surface area contributed by atoms with Gasteiger partial charge in [-0.25, -0.2) is 0 Å². The molecule has 1 atom stereocenters. The lowest BCUT2D eigenvalue weighted by Crippen LogP contribution is -2.58. The molecule has 1 heterocycles. The van der Waals surface area contributed by atoms with E-state index in [0.717, 1.165) is 25.9 Å². The maximum Gasteiger partial charge on any atom is 0.164 e. The van der Waals surface area contributed by atoms with Gasteiger partial charge in [-0.05, 0) is 32.9 Å². The van der Waals surface area contributed by atoms with E-state index in [1.165, 1.54) is 0 Å². The Hall–Kier alpha value is -0.410. The number of hydrogen-bond donors (Lipinski definition) is 2. The van der Waals surface area contributed by atoms with Gasteiger partial charge in [0.1, 0.15) is 5.66 Å². The van der Waals surface area contributed by atoms with Crippen LogP contribution in [0, 0.1) is 0 Å². The Morgan fingerprint density at radius 1 is 1.73 bits per heavy atom. The average Bonchev–Trinajstić information content (AvgIpc) is 2.38. The van der Waals surface area contributed by atoms with E-state index in [-0.39, 0.29) is 5.78 Å². The van der Waals surface area contributed by atoms with Crippen LogP contribution in [-0.4, -0.2) is 24.5 Å². The lowest BCUT2D eigenvalue weighted by molar-refractivity contribution is -0.124. The smallest absolute Gasteiger partial charge is 0.164 e. The van der Waals surface area contributed by atoms with E-state index < -0.39 is 5.66 Å². The van der Waals surface area contributed by atoms with Crippen molar-refractivity contribution in [2.75, 3.05) is 13.1 Å². The van der Waals surface area contributed by atoms with Gasteiger partial charge in [0.25, 0.3) is 0 Å². The highest BCUT2D eigenvalue weighted by atomic mass is 16.1. The van der Waals surface area contributed by atoms with E-state index in [1.54, 1.807) is 6.92 Å². The minimum absolute atomic E-state index is 0.205. The lowest BCUT2D eigenvalue weighted by atomic mass is 10.0. The van der Waals surface area contributed by atoms with Crippen molar-refractivity contribution >= 4 is 5.78 Å². The van der Waals surface area contributed by atoms with Crippen LogP contribution in [0.25, 0.3) is 0 Å². The molecule has 11 heavy (non-hydrogen) atoms. The second-order valence-corrected chi connectivity index (χ2v) is 3.02. The van der Waals surface area contributed by atoms with E-state index >= 15 is 0 Å². The minimum Gasteiger partial charge on any atom is -0.296 e. The topological polar surface area (TPSA) is 41.1 Å². The van der Waals surface area contributed by atoms with Crippen molar-refractivity contribution in [2.24, 2.45) is 0 Å². The van der Waals surface area contributed by atoms with E-state index in [0.29, 0.717) is 0 Å². The highest BCUT2D eigenvalue weighted by molar-refractivity contribution is 5.85. The predicted molar refractivity (Wildman–Crippen MR) is 44.3 cm³/mol. The van der Waals surface area contributed by atoms with Crippen molar-refractivity contribution in [3.63, 3.8) is 0 Å². The van der Waals surface area contributed by atoms with Gasteiger partial charge in [0.15, 0.2) is 5.78 Å². The first kappa shape index (κ1) is 8.68. The molecule has 1 saturated heterocycles. The van der Waals surface area contributed by atoms with E-state index in [2.05, 4.69) is 10.6 Å². The summed E-state index contributed by atoms with van der Waals surface area (Å²) in [5.41, 5.74) is -0.394. The van der Waals surface area contributed by atoms with Crippen LogP contribution in [0.3, 0.4) is 0 Å². The summed E-state index contributed by atoms with van der Waals surface area (Å²) in [7, 11) is 0. The normalized spacial score (nSPS) is 30.7. The van der Waals surface area contributed by atoms with Crippen LogP contribution in [-0.2, 0) is 4.79 Å². The SMILES string of the molecule is CCNC1(C(C)=O)CCCN1. The Kier molecular flexibility index (Phi) is 2.62. The minimum atomic E-state index is -0.394. The predicted octanol–water partition coefficient (Wildman–Crippen LogP) is 0.265. The van der Waals surface area contributed by atoms with Gasteiger partial charge in [0.05, 0.1) is 0 Å². The molecular formula is C8H16N2O. The highest BCUT2D eigenvalue weighted by Crippen LogP contribution is 2.16. The third-order valence-electron chi connectivity index (χ3n) is 2.23. The number of ketones is 1. The zero-order valence-corrected chi connectivity index (χ0v) is 7.24. The van der Waals surface area contributed by atoms with Crippen molar-refractivity contribution < 1.29 is 4.79 Å². The number of nitrogens with one attached hydrogen (secondary N) is 2. The van der Waals surface area contributed by atoms with Gasteiger partial charge in [-0.3, -0.25) is 15.4 Å². The number of hydrogen-bond acceptors (Lipinski definition) is 3. The Labute approximate surface area is 67.5 Å². The number of Topliss-reactive ketones (excluding diaryl/α,β-unsaturated/α-hetero) is 1. The summed E-state index contributed by atoms with van der Waals surface area (Å²) in [5.74, 6) is 0.205. The van der Waals surface area contributed by atoms with Crippen LogP contribution in [0.4, 0.5) is 0 Å². The zero-order chi connectivity index (χ0) is 8.32. The number of likely N-dealkylation sites (N-methyl/N-ethyl adjacent to an activating group) is 1. The summed E-state index contributed by atoms with van der Waals surface area (Å²) in [4.78, 5) is 11.2. The van der Waals surface area contributed by atoms with Crippen molar-refractivity contribution in [2.45, 2.75) is 32.4 Å². The molecule has 0 aromatic carbocycles. The summed E-state index contributed by atoms with van der Waals surface area (Å²) < 4.78 is 0. The summed E-state index contributed by atoms with van der Waals surface area (Å²) in [5, 5.41) is 6.41. The molecule has 0 aromatic heterocycles. The van der Waals surface area contributed by atoms with Gasteiger partial charge in [0.2, 0.25) is 0 Å².